The van der Waals surface area contributed by atoms with Crippen molar-refractivity contribution in [3.63, 3.8) is 0 Å². The maximum absolute atomic E-state index is 14.7. The molecule has 0 radical (unpaired) electrons. The Balaban J connectivity index is 0.0000129. The maximum atomic E-state index is 14.7. The number of nitrogens with zero attached hydrogens (tertiary/aromatic N) is 3. The van der Waals surface area contributed by atoms with Crippen LogP contribution in [0.1, 0.15) is 81.3 Å². The van der Waals surface area contributed by atoms with E-state index in [2.05, 4.69) is 32.2 Å². The van der Waals surface area contributed by atoms with E-state index in [-0.39, 0.29) is 35.1 Å². The topological polar surface area (TPSA) is 513 Å². The summed E-state index contributed by atoms with van der Waals surface area (Å²) in [7, 11) is -5.60. The molecule has 3 aliphatic heterocycles. The van der Waals surface area contributed by atoms with Gasteiger partial charge in [0.1, 0.15) is 66.0 Å². The first kappa shape index (κ1) is 71.7. The number of nitrogens with two attached hydrogens (primary N) is 1. The number of fused-ring (bicyclic) bond motifs is 2. The van der Waals surface area contributed by atoms with Crippen molar-refractivity contribution in [3.05, 3.63) is 83.9 Å². The number of phenolic OH excluding ortho intramolecular Hbond substituents is 1. The molecular formula is C56H70N9NaO23S. The van der Waals surface area contributed by atoms with Crippen molar-refractivity contribution < 1.29 is 140 Å². The predicted octanol–water partition coefficient (Wildman–Crippen LogP) is -7.24. The summed E-state index contributed by atoms with van der Waals surface area (Å²) in [6, 6.07) is 3.39. The third-order valence-electron chi connectivity index (χ3n) is 15.2. The summed E-state index contributed by atoms with van der Waals surface area (Å²) in [4.78, 5) is 115. The summed E-state index contributed by atoms with van der Waals surface area (Å²) in [5.74, 6) is -13.1. The van der Waals surface area contributed by atoms with Crippen molar-refractivity contribution in [2.24, 2.45) is 11.7 Å². The van der Waals surface area contributed by atoms with Crippen LogP contribution in [-0.4, -0.2) is 220 Å². The molecule has 0 aliphatic carbocycles. The van der Waals surface area contributed by atoms with Crippen LogP contribution < -0.4 is 70.8 Å². The first-order valence-corrected chi connectivity index (χ1v) is 29.4. The zero-order chi connectivity index (χ0) is 65.3. The van der Waals surface area contributed by atoms with Gasteiger partial charge in [0.25, 0.3) is 16.3 Å². The second kappa shape index (κ2) is 31.1. The van der Waals surface area contributed by atoms with Crippen LogP contribution in [0.3, 0.4) is 0 Å². The minimum Gasteiger partial charge on any atom is -0.716 e. The third kappa shape index (κ3) is 17.8. The second-order valence-electron chi connectivity index (χ2n) is 21.9. The summed E-state index contributed by atoms with van der Waals surface area (Å²) in [6.07, 6.45) is -17.4. The van der Waals surface area contributed by atoms with E-state index in [0.717, 1.165) is 32.3 Å². The summed E-state index contributed by atoms with van der Waals surface area (Å²) >= 11 is 0. The van der Waals surface area contributed by atoms with Gasteiger partial charge in [-0.2, -0.15) is 0 Å². The molecule has 0 saturated carbocycles. The Morgan fingerprint density at radius 2 is 1.48 bits per heavy atom. The van der Waals surface area contributed by atoms with Crippen LogP contribution in [0.5, 0.6) is 17.2 Å². The van der Waals surface area contributed by atoms with Crippen molar-refractivity contribution in [1.29, 1.82) is 0 Å². The van der Waals surface area contributed by atoms with Crippen LogP contribution in [-0.2, 0) is 44.0 Å². The molecule has 0 bridgehead atoms. The van der Waals surface area contributed by atoms with Crippen molar-refractivity contribution >= 4 is 57.7 Å². The van der Waals surface area contributed by atoms with Gasteiger partial charge >= 0.3 is 29.6 Å². The van der Waals surface area contributed by atoms with Crippen molar-refractivity contribution in [1.82, 2.24) is 41.5 Å². The predicted molar refractivity (Wildman–Crippen MR) is 302 cm³/mol. The van der Waals surface area contributed by atoms with Gasteiger partial charge in [-0.15, -0.1) is 0 Å². The van der Waals surface area contributed by atoms with E-state index in [1.54, 1.807) is 30.3 Å². The zero-order valence-electron chi connectivity index (χ0n) is 49.0. The largest absolute Gasteiger partial charge is 1.00 e. The first-order valence-electron chi connectivity index (χ1n) is 28.1. The van der Waals surface area contributed by atoms with Crippen LogP contribution in [0.2, 0.25) is 0 Å². The van der Waals surface area contributed by atoms with Gasteiger partial charge in [0.05, 0.1) is 37.4 Å². The third-order valence-corrected chi connectivity index (χ3v) is 15.5. The smallest absolute Gasteiger partial charge is 0.716 e. The molecule has 7 rings (SSSR count). The van der Waals surface area contributed by atoms with E-state index in [4.69, 9.17) is 15.0 Å². The van der Waals surface area contributed by atoms with Gasteiger partial charge in [0, 0.05) is 54.6 Å². The van der Waals surface area contributed by atoms with Gasteiger partial charge in [-0.05, 0) is 55.3 Å². The van der Waals surface area contributed by atoms with Gasteiger partial charge in [-0.3, -0.25) is 38.4 Å². The maximum Gasteiger partial charge on any atom is 1.00 e. The molecule has 90 heavy (non-hydrogen) atoms. The Labute approximate surface area is 536 Å². The minimum absolute atomic E-state index is 0. The van der Waals surface area contributed by atoms with E-state index >= 15 is 0 Å². The van der Waals surface area contributed by atoms with Gasteiger partial charge in [-0.1, -0.05) is 62.2 Å². The fraction of sp³-hybridized carbons (Fsp3) is 0.482. The van der Waals surface area contributed by atoms with Gasteiger partial charge in [-0.25, -0.2) is 8.42 Å². The number of aliphatic hydroxyl groups is 8. The van der Waals surface area contributed by atoms with Gasteiger partial charge in [0.2, 0.25) is 41.4 Å². The minimum atomic E-state index is -5.60. The normalized spacial score (nSPS) is 26.2. The molecule has 15 unspecified atom stereocenters. The number of carbonyl (C=O) groups excluding carboxylic acids is 8. The van der Waals surface area contributed by atoms with Crippen molar-refractivity contribution in [3.8, 4) is 39.8 Å². The number of hydrogen-bond donors (Lipinski definition) is 15. The van der Waals surface area contributed by atoms with E-state index in [1.165, 1.54) is 31.2 Å². The number of carbonyl (C=O) groups is 8. The number of nitrogens with one attached hydrogen (secondary N) is 5. The number of unbranched alkanes of at least 4 members (excludes halogenated alkanes) is 2. The molecule has 34 heteroatoms. The second-order valence-corrected chi connectivity index (χ2v) is 22.9. The van der Waals surface area contributed by atoms with E-state index in [9.17, 15) is 97.3 Å². The number of primary amides is 1. The number of aliphatic hydroxyl groups excluding tert-OH is 8. The average Bonchev–Trinajstić information content (AvgIpc) is 1.61. The fourth-order valence-corrected chi connectivity index (χ4v) is 10.7. The number of amides is 8. The van der Waals surface area contributed by atoms with E-state index in [1.807, 2.05) is 10.6 Å². The van der Waals surface area contributed by atoms with E-state index in [0.29, 0.717) is 56.9 Å². The first-order chi connectivity index (χ1) is 42.0. The number of benzene rings is 3. The Kier molecular flexibility index (Phi) is 24.8. The summed E-state index contributed by atoms with van der Waals surface area (Å²) in [5.41, 5.74) is 6.10. The Morgan fingerprint density at radius 1 is 0.811 bits per heavy atom. The Bertz CT molecular complexity index is 3360. The number of hydrogen-bond acceptors (Lipinski definition) is 24. The molecule has 4 heterocycles. The van der Waals surface area contributed by atoms with Crippen molar-refractivity contribution in [2.75, 3.05) is 19.7 Å². The number of aromatic nitrogens is 1. The molecule has 8 amide bonds. The van der Waals surface area contributed by atoms with Crippen molar-refractivity contribution in [2.45, 2.75) is 145 Å². The molecule has 0 spiro atoms. The molecule has 16 N–H and O–H groups in total. The van der Waals surface area contributed by atoms with Crippen LogP contribution in [0, 0.1) is 5.92 Å². The number of rotatable bonds is 18. The zero-order valence-corrected chi connectivity index (χ0v) is 51.8. The van der Waals surface area contributed by atoms with Gasteiger partial charge in [0.15, 0.2) is 23.5 Å². The van der Waals surface area contributed by atoms with Crippen LogP contribution in [0.15, 0.2) is 77.3 Å². The molecule has 1 aromatic heterocycles. The average molecular weight is 1290 g/mol. The molecule has 3 fully saturated rings. The molecule has 32 nitrogen and oxygen atoms in total. The molecule has 3 aromatic carbocycles. The summed E-state index contributed by atoms with van der Waals surface area (Å²) in [6.45, 7) is 3.67. The standard InChI is InChI=1S/C56H71N9O23S.Na/c1-4-5-6-16-86-32-9-7-8-29(17-32)39-21-33(63-87-39)27-10-12-28(13-11-27)49(75)58-34-20-38(70)52(78)62-54(80)45-46(72)25(2)23-65(45)56(82)43(37(69)22-41(57)71)60-53(79)44(48(74)47(73)30-14-15-36(68)40(18-30)88-89(83,84)85)61-51(77)35-19-31(67)24-64(35)55(81)42(26(3)66)59-50(34)76;/h7-15,17-18,21,25-26,31,34-35,37-38,42-48,52,66-70,72-74,78H,4-6,16,19-20,22-24H2,1-3H3,(H2,57,71)(H,58,75)(H,59,76)(H,60,79)(H,61,77)(H,62,80)(H,83,84,85);/q;+1/p-1. The quantitative estimate of drug-likeness (QED) is 0.0190. The molecule has 484 valence electrons. The monoisotopic (exact) mass is 1290 g/mol. The van der Waals surface area contributed by atoms with Crippen LogP contribution in [0.4, 0.5) is 0 Å². The van der Waals surface area contributed by atoms with Crippen LogP contribution >= 0.6 is 0 Å². The van der Waals surface area contributed by atoms with Crippen LogP contribution in [0.25, 0.3) is 22.6 Å². The number of aromatic hydroxyl groups is 1. The molecule has 3 aliphatic rings. The molecule has 3 saturated heterocycles. The van der Waals surface area contributed by atoms with Gasteiger partial charge < -0.3 is 106 Å². The molecule has 15 atom stereocenters. The molecular weight excluding hydrogens is 1220 g/mol. The molecule has 4 aromatic rings. The summed E-state index contributed by atoms with van der Waals surface area (Å²) in [5, 5.41) is 116. The SMILES string of the molecule is CCCCCOc1cccc(-c2cc(-c3ccc(C(=O)NC4CC(O)C(O)NC(=O)C5C(O)C(C)CN5C(=O)C(C(O)CC(N)=O)NC(=O)C(C(O)C(O)c5ccc(O)c(OS(=O)(=O)[O-])c5)NC(=O)C5CC(O)CN5C(=O)C(C(C)O)NC4=O)cc3)no2)c1.[Na+]. The van der Waals surface area contributed by atoms with E-state index < -0.39 is 198 Å². The Hall–Kier alpha value is -7.38. The summed E-state index contributed by atoms with van der Waals surface area (Å²) < 4.78 is 50.1. The Morgan fingerprint density at radius 3 is 2.13 bits per heavy atom. The fourth-order valence-electron chi connectivity index (χ4n) is 10.4. The number of phenols is 1. The number of ether oxygens (including phenoxy) is 1.